The maximum absolute atomic E-state index is 5.34. The Labute approximate surface area is 50.0 Å². The summed E-state index contributed by atoms with van der Waals surface area (Å²) in [6, 6.07) is 0. The van der Waals surface area contributed by atoms with Gasteiger partial charge in [-0.05, 0) is 0 Å². The first-order valence-corrected chi connectivity index (χ1v) is 3.50. The number of aliphatic imine (C=N–C) groups is 1. The van der Waals surface area contributed by atoms with Crippen LogP contribution in [-0.2, 0) is 0 Å². The van der Waals surface area contributed by atoms with Crippen molar-refractivity contribution >= 4 is 21.5 Å². The first kappa shape index (κ1) is 5.37. The van der Waals surface area contributed by atoms with E-state index >= 15 is 0 Å². The average Bonchev–Trinajstić information content (AvgIpc) is 1.85. The van der Waals surface area contributed by atoms with Gasteiger partial charge in [0, 0.05) is 5.41 Å². The smallest absolute Gasteiger partial charge is 0.158 e. The van der Waals surface area contributed by atoms with Gasteiger partial charge in [0.05, 0.1) is 0 Å². The van der Waals surface area contributed by atoms with Gasteiger partial charge >= 0.3 is 0 Å². The molecule has 4 N–H and O–H groups in total. The molecule has 1 rings (SSSR count). The van der Waals surface area contributed by atoms with E-state index in [1.807, 2.05) is 0 Å². The molecule has 4 heteroatoms. The highest BCUT2D eigenvalue weighted by molar-refractivity contribution is 8.29. The molecule has 44 valence electrons. The van der Waals surface area contributed by atoms with Crippen LogP contribution >= 0.6 is 10.5 Å². The molecular formula is C4H7N3S. The molecule has 0 saturated heterocycles. The van der Waals surface area contributed by atoms with Crippen LogP contribution in [0.15, 0.2) is 16.2 Å². The minimum absolute atomic E-state index is 0.257. The molecule has 0 amide bonds. The second kappa shape index (κ2) is 1.63. The Morgan fingerprint density at radius 3 is 2.38 bits per heavy atom. The van der Waals surface area contributed by atoms with Crippen LogP contribution in [-0.4, -0.2) is 11.0 Å². The highest BCUT2D eigenvalue weighted by atomic mass is 32.2. The number of hydrogen-bond acceptors (Lipinski definition) is 3. The molecule has 0 aliphatic carbocycles. The number of nitrogens with two attached hydrogens (primary N) is 2. The first-order valence-electron chi connectivity index (χ1n) is 2.04. The van der Waals surface area contributed by atoms with Crippen LogP contribution in [0.1, 0.15) is 0 Å². The normalized spacial score (nSPS) is 27.2. The van der Waals surface area contributed by atoms with Crippen molar-refractivity contribution in [2.45, 2.75) is 0 Å². The second-order valence-electron chi connectivity index (χ2n) is 1.42. The second-order valence-corrected chi connectivity index (χ2v) is 2.93. The quantitative estimate of drug-likeness (QED) is 0.444. The SMILES string of the molecule is C=S1C=C(N)N=C1N. The van der Waals surface area contributed by atoms with Gasteiger partial charge in [0.15, 0.2) is 5.17 Å². The van der Waals surface area contributed by atoms with Gasteiger partial charge in [-0.1, -0.05) is 16.4 Å². The third-order valence-corrected chi connectivity index (χ3v) is 1.93. The lowest BCUT2D eigenvalue weighted by atomic mass is 10.9. The molecule has 1 atom stereocenters. The summed E-state index contributed by atoms with van der Waals surface area (Å²) in [5, 5.41) is 2.28. The lowest BCUT2D eigenvalue weighted by Gasteiger charge is -1.86. The maximum Gasteiger partial charge on any atom is 0.158 e. The fraction of sp³-hybridized carbons (Fsp3) is 0. The van der Waals surface area contributed by atoms with Crippen LogP contribution in [0, 0.1) is 0 Å². The van der Waals surface area contributed by atoms with Gasteiger partial charge in [-0.25, -0.2) is 4.99 Å². The van der Waals surface area contributed by atoms with E-state index in [9.17, 15) is 0 Å². The van der Waals surface area contributed by atoms with Crippen molar-refractivity contribution in [2.75, 3.05) is 0 Å². The van der Waals surface area contributed by atoms with E-state index in [-0.39, 0.29) is 10.5 Å². The summed E-state index contributed by atoms with van der Waals surface area (Å²) >= 11 is 0. The molecular weight excluding hydrogens is 122 g/mol. The predicted molar refractivity (Wildman–Crippen MR) is 38.6 cm³/mol. The van der Waals surface area contributed by atoms with E-state index in [0.717, 1.165) is 0 Å². The number of hydrogen-bond donors (Lipinski definition) is 2. The maximum atomic E-state index is 5.34. The molecule has 0 aromatic carbocycles. The van der Waals surface area contributed by atoms with Crippen molar-refractivity contribution in [1.82, 2.24) is 0 Å². The molecule has 1 aliphatic heterocycles. The third kappa shape index (κ3) is 0.742. The molecule has 0 aromatic rings. The van der Waals surface area contributed by atoms with E-state index in [1.54, 1.807) is 5.41 Å². The van der Waals surface area contributed by atoms with Crippen LogP contribution in [0.2, 0.25) is 0 Å². The highest BCUT2D eigenvalue weighted by Gasteiger charge is 2.02. The standard InChI is InChI=1S/C4H7N3S/c1-8-2-3(5)7-4(8)6/h2H,1,5H2,(H2,6,7). The number of amidine groups is 1. The molecule has 0 spiro atoms. The molecule has 8 heavy (non-hydrogen) atoms. The van der Waals surface area contributed by atoms with Crippen molar-refractivity contribution in [3.8, 4) is 0 Å². The molecule has 1 heterocycles. The summed E-state index contributed by atoms with van der Waals surface area (Å²) in [4.78, 5) is 3.75. The molecule has 1 unspecified atom stereocenters. The summed E-state index contributed by atoms with van der Waals surface area (Å²) in [5.41, 5.74) is 10.6. The Balaban J connectivity index is 2.95. The highest BCUT2D eigenvalue weighted by Crippen LogP contribution is 2.19. The van der Waals surface area contributed by atoms with E-state index in [4.69, 9.17) is 11.5 Å². The summed E-state index contributed by atoms with van der Waals surface area (Å²) in [6.45, 7) is 0. The topological polar surface area (TPSA) is 64.4 Å². The molecule has 3 nitrogen and oxygen atoms in total. The Bertz CT molecular complexity index is 189. The van der Waals surface area contributed by atoms with Gasteiger partial charge in [-0.2, -0.15) is 0 Å². The lowest BCUT2D eigenvalue weighted by Crippen LogP contribution is -2.04. The van der Waals surface area contributed by atoms with Crippen molar-refractivity contribution in [2.24, 2.45) is 16.5 Å². The predicted octanol–water partition coefficient (Wildman–Crippen LogP) is -0.227. The zero-order valence-corrected chi connectivity index (χ0v) is 5.11. The summed E-state index contributed by atoms with van der Waals surface area (Å²) in [7, 11) is -0.257. The van der Waals surface area contributed by atoms with Gasteiger partial charge in [0.2, 0.25) is 0 Å². The summed E-state index contributed by atoms with van der Waals surface area (Å²) in [5.74, 6) is 4.17. The summed E-state index contributed by atoms with van der Waals surface area (Å²) < 4.78 is 0. The molecule has 0 bridgehead atoms. The molecule has 1 aliphatic rings. The molecule has 0 fully saturated rings. The Hall–Kier alpha value is -0.770. The fourth-order valence-corrected chi connectivity index (χ4v) is 1.11. The van der Waals surface area contributed by atoms with Crippen LogP contribution in [0.4, 0.5) is 0 Å². The van der Waals surface area contributed by atoms with Gasteiger partial charge in [-0.3, -0.25) is 0 Å². The zero-order valence-electron chi connectivity index (χ0n) is 4.29. The van der Waals surface area contributed by atoms with E-state index in [1.165, 1.54) is 0 Å². The van der Waals surface area contributed by atoms with Gasteiger partial charge in [0.25, 0.3) is 0 Å². The summed E-state index contributed by atoms with van der Waals surface area (Å²) in [6.07, 6.45) is 0. The van der Waals surface area contributed by atoms with Crippen molar-refractivity contribution in [1.29, 1.82) is 0 Å². The molecule has 0 radical (unpaired) electrons. The number of rotatable bonds is 0. The third-order valence-electron chi connectivity index (χ3n) is 0.771. The van der Waals surface area contributed by atoms with Crippen LogP contribution in [0.3, 0.4) is 0 Å². The van der Waals surface area contributed by atoms with Crippen LogP contribution in [0.25, 0.3) is 0 Å². The van der Waals surface area contributed by atoms with Crippen molar-refractivity contribution in [3.63, 3.8) is 0 Å². The minimum Gasteiger partial charge on any atom is -0.383 e. The van der Waals surface area contributed by atoms with Crippen molar-refractivity contribution < 1.29 is 0 Å². The fourth-order valence-electron chi connectivity index (χ4n) is 0.418. The van der Waals surface area contributed by atoms with Gasteiger partial charge < -0.3 is 11.5 Å². The van der Waals surface area contributed by atoms with E-state index in [2.05, 4.69) is 10.9 Å². The van der Waals surface area contributed by atoms with E-state index in [0.29, 0.717) is 11.0 Å². The average molecular weight is 129 g/mol. The van der Waals surface area contributed by atoms with Gasteiger partial charge in [-0.15, -0.1) is 0 Å². The molecule has 0 saturated carbocycles. The minimum atomic E-state index is -0.257. The number of nitrogens with zero attached hydrogens (tertiary/aromatic N) is 1. The Morgan fingerprint density at radius 2 is 2.25 bits per heavy atom. The Morgan fingerprint density at radius 1 is 1.62 bits per heavy atom. The Kier molecular flexibility index (Phi) is 1.09. The lowest BCUT2D eigenvalue weighted by molar-refractivity contribution is 1.27. The first-order chi connectivity index (χ1) is 3.70. The van der Waals surface area contributed by atoms with Crippen molar-refractivity contribution in [3.05, 3.63) is 11.2 Å². The largest absolute Gasteiger partial charge is 0.383 e. The monoisotopic (exact) mass is 129 g/mol. The van der Waals surface area contributed by atoms with Crippen LogP contribution in [0.5, 0.6) is 0 Å². The van der Waals surface area contributed by atoms with E-state index < -0.39 is 0 Å². The van der Waals surface area contributed by atoms with Crippen LogP contribution < -0.4 is 11.5 Å². The molecule has 0 aromatic heterocycles. The zero-order chi connectivity index (χ0) is 6.15. The van der Waals surface area contributed by atoms with Gasteiger partial charge in [0.1, 0.15) is 5.82 Å².